The van der Waals surface area contributed by atoms with Crippen LogP contribution in [0.1, 0.15) is 46.8 Å². The largest absolute Gasteiger partial charge is 0.493 e. The van der Waals surface area contributed by atoms with Gasteiger partial charge in [-0.15, -0.1) is 0 Å². The van der Waals surface area contributed by atoms with Crippen LogP contribution in [-0.4, -0.2) is 46.0 Å². The second-order valence-corrected chi connectivity index (χ2v) is 8.65. The first-order valence-corrected chi connectivity index (χ1v) is 11.9. The third kappa shape index (κ3) is 7.25. The SMILES string of the molecule is COc1cc(C(=O)Oc2ccc(/C=N/NC(=O)COc3cc(C)ccc3C(C)C)cc2)cc(OC)c1OC. The molecule has 9 nitrogen and oxygen atoms in total. The van der Waals surface area contributed by atoms with E-state index in [1.54, 1.807) is 24.3 Å². The molecule has 0 radical (unpaired) electrons. The number of rotatable bonds is 11. The van der Waals surface area contributed by atoms with Gasteiger partial charge in [-0.3, -0.25) is 4.79 Å². The third-order valence-corrected chi connectivity index (χ3v) is 5.54. The highest BCUT2D eigenvalue weighted by molar-refractivity contribution is 5.93. The van der Waals surface area contributed by atoms with Crippen LogP contribution in [0.3, 0.4) is 0 Å². The molecular formula is C29H32N2O7. The number of nitrogens with zero attached hydrogens (tertiary/aromatic N) is 1. The van der Waals surface area contributed by atoms with Crippen molar-refractivity contribution in [2.24, 2.45) is 5.10 Å². The zero-order valence-corrected chi connectivity index (χ0v) is 22.4. The first kappa shape index (κ1) is 28.0. The van der Waals surface area contributed by atoms with Crippen LogP contribution in [0, 0.1) is 6.92 Å². The average Bonchev–Trinajstić information content (AvgIpc) is 2.91. The Balaban J connectivity index is 1.56. The number of hydrazone groups is 1. The number of carbonyl (C=O) groups is 2. The molecule has 0 saturated heterocycles. The molecule has 3 aromatic carbocycles. The van der Waals surface area contributed by atoms with E-state index in [1.165, 1.54) is 39.7 Å². The Labute approximate surface area is 222 Å². The van der Waals surface area contributed by atoms with Gasteiger partial charge >= 0.3 is 5.97 Å². The predicted octanol–water partition coefficient (Wildman–Crippen LogP) is 4.89. The summed E-state index contributed by atoms with van der Waals surface area (Å²) >= 11 is 0. The number of esters is 1. The van der Waals surface area contributed by atoms with Crippen LogP contribution in [0.15, 0.2) is 59.7 Å². The lowest BCUT2D eigenvalue weighted by atomic mass is 10.0. The van der Waals surface area contributed by atoms with E-state index in [1.807, 2.05) is 25.1 Å². The summed E-state index contributed by atoms with van der Waals surface area (Å²) in [4.78, 5) is 24.8. The van der Waals surface area contributed by atoms with E-state index in [0.717, 1.165) is 11.1 Å². The van der Waals surface area contributed by atoms with Gasteiger partial charge in [0.2, 0.25) is 5.75 Å². The predicted molar refractivity (Wildman–Crippen MR) is 144 cm³/mol. The van der Waals surface area contributed by atoms with Crippen molar-refractivity contribution in [3.05, 3.63) is 76.9 Å². The van der Waals surface area contributed by atoms with E-state index >= 15 is 0 Å². The number of methoxy groups -OCH3 is 3. The Morgan fingerprint density at radius 2 is 1.55 bits per heavy atom. The number of hydrogen-bond donors (Lipinski definition) is 1. The van der Waals surface area contributed by atoms with E-state index < -0.39 is 5.97 Å². The molecule has 0 saturated carbocycles. The van der Waals surface area contributed by atoms with Crippen molar-refractivity contribution in [2.45, 2.75) is 26.7 Å². The fraction of sp³-hybridized carbons (Fsp3) is 0.276. The van der Waals surface area contributed by atoms with E-state index in [2.05, 4.69) is 24.4 Å². The minimum atomic E-state index is -0.591. The Morgan fingerprint density at radius 1 is 0.895 bits per heavy atom. The van der Waals surface area contributed by atoms with Gasteiger partial charge in [0.15, 0.2) is 18.1 Å². The van der Waals surface area contributed by atoms with Crippen molar-refractivity contribution in [3.63, 3.8) is 0 Å². The molecule has 0 bridgehead atoms. The summed E-state index contributed by atoms with van der Waals surface area (Å²) in [6, 6.07) is 15.6. The lowest BCUT2D eigenvalue weighted by Gasteiger charge is -2.14. The van der Waals surface area contributed by atoms with E-state index in [9.17, 15) is 9.59 Å². The zero-order valence-electron chi connectivity index (χ0n) is 22.4. The normalized spacial score (nSPS) is 10.8. The molecule has 1 amide bonds. The molecule has 1 N–H and O–H groups in total. The van der Waals surface area contributed by atoms with Crippen LogP contribution in [0.5, 0.6) is 28.7 Å². The Morgan fingerprint density at radius 3 is 2.13 bits per heavy atom. The van der Waals surface area contributed by atoms with Crippen LogP contribution >= 0.6 is 0 Å². The molecule has 0 heterocycles. The maximum atomic E-state index is 12.7. The molecule has 3 rings (SSSR count). The quantitative estimate of drug-likeness (QED) is 0.166. The number of benzene rings is 3. The summed E-state index contributed by atoms with van der Waals surface area (Å²) in [5.74, 6) is 1.39. The van der Waals surface area contributed by atoms with Crippen molar-refractivity contribution in [3.8, 4) is 28.7 Å². The molecule has 0 aliphatic rings. The van der Waals surface area contributed by atoms with E-state index in [4.69, 9.17) is 23.7 Å². The Kier molecular flexibility index (Phi) is 9.70. The number of carbonyl (C=O) groups excluding carboxylic acids is 2. The lowest BCUT2D eigenvalue weighted by molar-refractivity contribution is -0.123. The van der Waals surface area contributed by atoms with Gasteiger partial charge in [0.25, 0.3) is 5.91 Å². The highest BCUT2D eigenvalue weighted by Crippen LogP contribution is 2.38. The molecule has 0 unspecified atom stereocenters. The summed E-state index contributed by atoms with van der Waals surface area (Å²) in [5.41, 5.74) is 5.48. The van der Waals surface area contributed by atoms with Gasteiger partial charge in [-0.25, -0.2) is 10.2 Å². The molecule has 200 valence electrons. The summed E-state index contributed by atoms with van der Waals surface area (Å²) in [7, 11) is 4.42. The van der Waals surface area contributed by atoms with Gasteiger partial charge in [-0.2, -0.15) is 5.10 Å². The van der Waals surface area contributed by atoms with Crippen molar-refractivity contribution >= 4 is 18.1 Å². The Bertz CT molecular complexity index is 1280. The number of hydrogen-bond acceptors (Lipinski definition) is 8. The molecule has 9 heteroatoms. The van der Waals surface area contributed by atoms with Gasteiger partial charge in [-0.1, -0.05) is 26.0 Å². The van der Waals surface area contributed by atoms with Gasteiger partial charge in [0.1, 0.15) is 11.5 Å². The van der Waals surface area contributed by atoms with Crippen LogP contribution in [0.2, 0.25) is 0 Å². The number of nitrogens with one attached hydrogen (secondary N) is 1. The summed E-state index contributed by atoms with van der Waals surface area (Å²) in [6.07, 6.45) is 1.48. The summed E-state index contributed by atoms with van der Waals surface area (Å²) in [5, 5.41) is 3.97. The first-order chi connectivity index (χ1) is 18.2. The molecule has 0 aliphatic carbocycles. The molecular weight excluding hydrogens is 488 g/mol. The smallest absolute Gasteiger partial charge is 0.343 e. The third-order valence-electron chi connectivity index (χ3n) is 5.54. The fourth-order valence-electron chi connectivity index (χ4n) is 3.58. The lowest BCUT2D eigenvalue weighted by Crippen LogP contribution is -2.25. The topological polar surface area (TPSA) is 105 Å². The fourth-order valence-corrected chi connectivity index (χ4v) is 3.58. The van der Waals surface area contributed by atoms with Gasteiger partial charge < -0.3 is 23.7 Å². The number of aryl methyl sites for hydroxylation is 1. The standard InChI is InChI=1S/C29H32N2O7/c1-18(2)23-12-7-19(3)13-24(23)37-17-27(32)31-30-16-20-8-10-22(11-9-20)38-29(33)21-14-25(34-4)28(36-6)26(15-21)35-5/h7-16,18H,17H2,1-6H3,(H,31,32)/b30-16+. The zero-order chi connectivity index (χ0) is 27.7. The van der Waals surface area contributed by atoms with Gasteiger partial charge in [0.05, 0.1) is 33.1 Å². The van der Waals surface area contributed by atoms with Crippen LogP contribution in [0.4, 0.5) is 0 Å². The maximum Gasteiger partial charge on any atom is 0.343 e. The van der Waals surface area contributed by atoms with Gasteiger partial charge in [0, 0.05) is 0 Å². The van der Waals surface area contributed by atoms with Gasteiger partial charge in [-0.05, 0) is 72.0 Å². The number of amides is 1. The maximum absolute atomic E-state index is 12.7. The monoisotopic (exact) mass is 520 g/mol. The van der Waals surface area contributed by atoms with Crippen molar-refractivity contribution in [2.75, 3.05) is 27.9 Å². The van der Waals surface area contributed by atoms with Crippen LogP contribution < -0.4 is 29.1 Å². The van der Waals surface area contributed by atoms with Crippen LogP contribution in [0.25, 0.3) is 0 Å². The molecule has 3 aromatic rings. The average molecular weight is 521 g/mol. The second-order valence-electron chi connectivity index (χ2n) is 8.65. The van der Waals surface area contributed by atoms with Crippen molar-refractivity contribution < 1.29 is 33.3 Å². The highest BCUT2D eigenvalue weighted by Gasteiger charge is 2.18. The summed E-state index contributed by atoms with van der Waals surface area (Å²) in [6.45, 7) is 5.96. The van der Waals surface area contributed by atoms with E-state index in [-0.39, 0.29) is 24.0 Å². The molecule has 0 aromatic heterocycles. The highest BCUT2D eigenvalue weighted by atomic mass is 16.5. The Hall–Kier alpha value is -4.53. The minimum absolute atomic E-state index is 0.156. The van der Waals surface area contributed by atoms with E-state index in [0.29, 0.717) is 34.3 Å². The molecule has 0 atom stereocenters. The van der Waals surface area contributed by atoms with Crippen molar-refractivity contribution in [1.82, 2.24) is 5.43 Å². The summed E-state index contributed by atoms with van der Waals surface area (Å²) < 4.78 is 27.0. The minimum Gasteiger partial charge on any atom is -0.493 e. The molecule has 0 spiro atoms. The van der Waals surface area contributed by atoms with Crippen molar-refractivity contribution in [1.29, 1.82) is 0 Å². The molecule has 0 fully saturated rings. The second kappa shape index (κ2) is 13.1. The van der Waals surface area contributed by atoms with Crippen LogP contribution in [-0.2, 0) is 4.79 Å². The first-order valence-electron chi connectivity index (χ1n) is 11.9. The number of ether oxygens (including phenoxy) is 5. The molecule has 38 heavy (non-hydrogen) atoms. The molecule has 0 aliphatic heterocycles.